The number of benzene rings is 1. The van der Waals surface area contributed by atoms with Crippen LogP contribution in [0.25, 0.3) is 22.3 Å². The van der Waals surface area contributed by atoms with Crippen LogP contribution in [0.3, 0.4) is 0 Å². The lowest BCUT2D eigenvalue weighted by atomic mass is 9.85. The molecule has 1 atom stereocenters. The Kier molecular flexibility index (Phi) is 7.99. The van der Waals surface area contributed by atoms with E-state index in [-0.39, 0.29) is 55.1 Å². The number of carboxylic acid groups (broad SMARTS) is 1. The Balaban J connectivity index is 1.63. The second-order valence-electron chi connectivity index (χ2n) is 11.0. The number of phenols is 1. The first-order chi connectivity index (χ1) is 21.0. The quantitative estimate of drug-likeness (QED) is 0.228. The fourth-order valence-corrected chi connectivity index (χ4v) is 6.04. The monoisotopic (exact) mass is 602 g/mol. The lowest BCUT2D eigenvalue weighted by Crippen LogP contribution is -2.49. The zero-order valence-corrected chi connectivity index (χ0v) is 25.1. The Labute approximate surface area is 253 Å². The predicted octanol–water partition coefficient (Wildman–Crippen LogP) is 3.60. The number of fused-ring (bicyclic) bond motifs is 5. The maximum atomic E-state index is 14.0. The molecule has 12 nitrogen and oxygen atoms in total. The Hall–Kier alpha value is -5.05. The molecule has 2 amide bonds. The van der Waals surface area contributed by atoms with Crippen LogP contribution in [0.15, 0.2) is 23.0 Å². The van der Waals surface area contributed by atoms with E-state index in [0.717, 1.165) is 21.4 Å². The lowest BCUT2D eigenvalue weighted by Gasteiger charge is -2.36. The summed E-state index contributed by atoms with van der Waals surface area (Å²) in [5.74, 6) is 1.96. The molecule has 0 fully saturated rings. The number of carbonyl (C=O) groups excluding carboxylic acids is 2. The molecule has 0 spiro atoms. The molecule has 0 saturated carbocycles. The molecule has 0 bridgehead atoms. The number of likely N-dealkylation sites (N-methyl/N-ethyl adjacent to an activating group) is 2. The molecule has 0 radical (unpaired) electrons. The number of aryl methyl sites for hydroxylation is 2. The topological polar surface area (TPSA) is 152 Å². The van der Waals surface area contributed by atoms with E-state index < -0.39 is 23.8 Å². The van der Waals surface area contributed by atoms with Crippen molar-refractivity contribution in [3.8, 4) is 29.5 Å². The molecule has 1 aromatic carbocycles. The van der Waals surface area contributed by atoms with Crippen molar-refractivity contribution in [1.82, 2.24) is 19.4 Å². The molecule has 1 unspecified atom stereocenters. The van der Waals surface area contributed by atoms with Crippen LogP contribution in [0.2, 0.25) is 0 Å². The molecule has 2 aliphatic heterocycles. The van der Waals surface area contributed by atoms with Gasteiger partial charge in [-0.1, -0.05) is 13.8 Å². The number of aromatic nitrogens is 2. The summed E-state index contributed by atoms with van der Waals surface area (Å²) in [5.41, 5.74) is 2.37. The second kappa shape index (κ2) is 11.6. The summed E-state index contributed by atoms with van der Waals surface area (Å²) < 4.78 is 12.8. The summed E-state index contributed by atoms with van der Waals surface area (Å²) in [6.45, 7) is 3.65. The third-order valence-corrected chi connectivity index (χ3v) is 8.56. The van der Waals surface area contributed by atoms with Gasteiger partial charge >= 0.3 is 18.2 Å². The number of pyridine rings is 2. The number of phenolic OH excluding ortho intramolecular Hbond substituents is 1. The second-order valence-corrected chi connectivity index (χ2v) is 11.0. The minimum absolute atomic E-state index is 0.00757. The molecular formula is C32H34N4O8. The summed E-state index contributed by atoms with van der Waals surface area (Å²) in [6, 6.07) is 5.01. The molecule has 3 aromatic rings. The molecule has 12 heteroatoms. The summed E-state index contributed by atoms with van der Waals surface area (Å²) in [7, 11) is 2.80. The van der Waals surface area contributed by atoms with E-state index in [1.54, 1.807) is 29.7 Å². The summed E-state index contributed by atoms with van der Waals surface area (Å²) in [5, 5.41) is 20.6. The first-order valence-electron chi connectivity index (χ1n) is 14.4. The lowest BCUT2D eigenvalue weighted by molar-refractivity contribution is -0.173. The summed E-state index contributed by atoms with van der Waals surface area (Å²) in [4.78, 5) is 58.8. The van der Waals surface area contributed by atoms with Gasteiger partial charge in [0, 0.05) is 55.7 Å². The Bertz CT molecular complexity index is 1810. The number of hydrogen-bond acceptors (Lipinski definition) is 8. The van der Waals surface area contributed by atoms with Crippen molar-refractivity contribution in [3.63, 3.8) is 0 Å². The highest BCUT2D eigenvalue weighted by molar-refractivity contribution is 5.93. The van der Waals surface area contributed by atoms with Gasteiger partial charge in [0.25, 0.3) is 5.56 Å². The normalized spacial score (nSPS) is 16.4. The third-order valence-electron chi connectivity index (χ3n) is 8.56. The summed E-state index contributed by atoms with van der Waals surface area (Å²) >= 11 is 0. The van der Waals surface area contributed by atoms with Crippen molar-refractivity contribution in [2.75, 3.05) is 27.2 Å². The maximum absolute atomic E-state index is 14.0. The fourth-order valence-electron chi connectivity index (χ4n) is 6.04. The van der Waals surface area contributed by atoms with Crippen LogP contribution < -0.4 is 5.56 Å². The van der Waals surface area contributed by atoms with Crippen LogP contribution >= 0.6 is 0 Å². The number of aromatic hydroxyl groups is 1. The number of amides is 2. The average molecular weight is 603 g/mol. The average Bonchev–Trinajstić information content (AvgIpc) is 3.38. The Morgan fingerprint density at radius 3 is 2.55 bits per heavy atom. The highest BCUT2D eigenvalue weighted by Crippen LogP contribution is 2.43. The molecule has 44 heavy (non-hydrogen) atoms. The van der Waals surface area contributed by atoms with Gasteiger partial charge in [-0.2, -0.15) is 0 Å². The van der Waals surface area contributed by atoms with Gasteiger partial charge in [0.05, 0.1) is 29.0 Å². The van der Waals surface area contributed by atoms with E-state index in [2.05, 4.69) is 5.92 Å². The highest BCUT2D eigenvalue weighted by Gasteiger charge is 2.51. The number of rotatable bonds is 8. The van der Waals surface area contributed by atoms with Gasteiger partial charge in [0.2, 0.25) is 5.60 Å². The first-order valence-corrected chi connectivity index (χ1v) is 14.4. The van der Waals surface area contributed by atoms with Crippen molar-refractivity contribution in [2.45, 2.75) is 58.3 Å². The van der Waals surface area contributed by atoms with Gasteiger partial charge in [-0.15, -0.1) is 12.3 Å². The van der Waals surface area contributed by atoms with Crippen LogP contribution in [-0.2, 0) is 45.9 Å². The highest BCUT2D eigenvalue weighted by atomic mass is 16.6. The minimum atomic E-state index is -1.90. The van der Waals surface area contributed by atoms with Gasteiger partial charge in [0.15, 0.2) is 0 Å². The van der Waals surface area contributed by atoms with Crippen LogP contribution in [0.1, 0.15) is 54.5 Å². The van der Waals surface area contributed by atoms with Crippen LogP contribution in [-0.4, -0.2) is 74.9 Å². The SMILES string of the molecule is C#CCCc1c(O)ccc2nc3c(c(CC)c12)Cn1c-3cc2c(c1=O)COC(=O)C2(CC)OC(=O)N(C)CCN(C)C(=O)O. The van der Waals surface area contributed by atoms with E-state index in [0.29, 0.717) is 41.7 Å². The molecule has 230 valence electrons. The van der Waals surface area contributed by atoms with Crippen LogP contribution in [0.4, 0.5) is 9.59 Å². The summed E-state index contributed by atoms with van der Waals surface area (Å²) in [6.07, 6.45) is 5.01. The largest absolute Gasteiger partial charge is 0.508 e. The molecule has 4 heterocycles. The van der Waals surface area contributed by atoms with Gasteiger partial charge < -0.3 is 34.1 Å². The van der Waals surface area contributed by atoms with Crippen LogP contribution in [0.5, 0.6) is 5.75 Å². The number of cyclic esters (lactones) is 1. The molecule has 0 aliphatic carbocycles. The van der Waals surface area contributed by atoms with Crippen molar-refractivity contribution in [1.29, 1.82) is 0 Å². The van der Waals surface area contributed by atoms with Crippen LogP contribution in [0, 0.1) is 12.3 Å². The van der Waals surface area contributed by atoms with Gasteiger partial charge in [-0.3, -0.25) is 4.79 Å². The number of terminal acetylenes is 1. The van der Waals surface area contributed by atoms with Gasteiger partial charge in [-0.25, -0.2) is 19.4 Å². The van der Waals surface area contributed by atoms with Gasteiger partial charge in [0.1, 0.15) is 12.4 Å². The fraction of sp³-hybridized carbons (Fsp3) is 0.406. The van der Waals surface area contributed by atoms with E-state index in [9.17, 15) is 24.3 Å². The number of esters is 1. The number of ether oxygens (including phenoxy) is 2. The Morgan fingerprint density at radius 2 is 1.89 bits per heavy atom. The van der Waals surface area contributed by atoms with Gasteiger partial charge in [-0.05, 0) is 43.0 Å². The van der Waals surface area contributed by atoms with Crippen molar-refractivity contribution >= 4 is 29.1 Å². The van der Waals surface area contributed by atoms with E-state index >= 15 is 0 Å². The van der Waals surface area contributed by atoms with Crippen molar-refractivity contribution < 1.29 is 34.1 Å². The standard InChI is InChI=1S/C32H34N4O8/c1-6-9-10-19-25(37)12-11-23-26(19)18(7-2)20-16-36-24(27(20)33-23)15-22-21(28(36)38)17-43-29(39)32(22,8-3)44-31(42)35(5)14-13-34(4)30(40)41/h1,11-12,15,37H,7-10,13-14,16-17H2,2-5H3,(H,40,41). The van der Waals surface area contributed by atoms with Crippen molar-refractivity contribution in [2.24, 2.45) is 0 Å². The zero-order chi connectivity index (χ0) is 31.9. The predicted molar refractivity (Wildman–Crippen MR) is 160 cm³/mol. The van der Waals surface area contributed by atoms with E-state index in [4.69, 9.17) is 26.0 Å². The zero-order valence-electron chi connectivity index (χ0n) is 25.1. The number of carbonyl (C=O) groups is 3. The number of hydrogen-bond donors (Lipinski definition) is 2. The minimum Gasteiger partial charge on any atom is -0.508 e. The number of nitrogens with zero attached hydrogens (tertiary/aromatic N) is 4. The maximum Gasteiger partial charge on any atom is 0.411 e. The first kappa shape index (κ1) is 30.4. The Morgan fingerprint density at radius 1 is 1.16 bits per heavy atom. The van der Waals surface area contributed by atoms with E-state index in [1.165, 1.54) is 19.0 Å². The van der Waals surface area contributed by atoms with E-state index in [1.807, 2.05) is 6.92 Å². The molecule has 2 aliphatic rings. The molecule has 2 N–H and O–H groups in total. The molecule has 2 aromatic heterocycles. The third kappa shape index (κ3) is 4.78. The molecule has 0 saturated heterocycles. The van der Waals surface area contributed by atoms with Crippen molar-refractivity contribution in [3.05, 3.63) is 56.4 Å². The molecular weight excluding hydrogens is 568 g/mol. The molecule has 5 rings (SSSR count). The smallest absolute Gasteiger partial charge is 0.411 e.